The highest BCUT2D eigenvalue weighted by molar-refractivity contribution is 5.79. The fourth-order valence-electron chi connectivity index (χ4n) is 5.27. The molecule has 3 aliphatic heterocycles. The molecule has 2 amide bonds. The van der Waals surface area contributed by atoms with Crippen LogP contribution >= 0.6 is 0 Å². The van der Waals surface area contributed by atoms with Crippen molar-refractivity contribution in [1.29, 1.82) is 0 Å². The summed E-state index contributed by atoms with van der Waals surface area (Å²) in [4.78, 5) is 29.8. The number of piperidine rings is 1. The highest BCUT2D eigenvalue weighted by Crippen LogP contribution is 2.30. The summed E-state index contributed by atoms with van der Waals surface area (Å²) in [6, 6.07) is 6.30. The molecule has 0 aromatic heterocycles. The number of nitrogens with zero attached hydrogens (tertiary/aromatic N) is 2. The van der Waals surface area contributed by atoms with E-state index in [9.17, 15) is 9.59 Å². The summed E-state index contributed by atoms with van der Waals surface area (Å²) in [5, 5.41) is 6.44. The molecular formula is C27H38N4O4. The van der Waals surface area contributed by atoms with Gasteiger partial charge in [-0.3, -0.25) is 9.59 Å². The molecule has 8 heteroatoms. The van der Waals surface area contributed by atoms with Crippen molar-refractivity contribution in [2.75, 3.05) is 64.0 Å². The highest BCUT2D eigenvalue weighted by Gasteiger charge is 2.32. The van der Waals surface area contributed by atoms with Crippen molar-refractivity contribution in [3.05, 3.63) is 35.9 Å². The Hall–Kier alpha value is -2.58. The zero-order valence-electron chi connectivity index (χ0n) is 20.5. The maximum atomic E-state index is 13.0. The molecule has 0 unspecified atom stereocenters. The van der Waals surface area contributed by atoms with Crippen LogP contribution in [0.15, 0.2) is 30.4 Å². The van der Waals surface area contributed by atoms with Crippen LogP contribution in [0, 0.1) is 17.8 Å². The van der Waals surface area contributed by atoms with Crippen LogP contribution in [-0.2, 0) is 20.9 Å². The standard InChI is InChI=1S/C27H38N4O4/c32-26(29-16-20-3-4-20)15-21-7-8-31-19-22(21)2-1-11-35-25-6-5-24(30-9-12-34-13-10-30)14-23(25)17-28-18-27(31)33/h1-2,5-6,14,20-22,28H,3-4,7-13,15-19H2,(H,29,32)/b2-1+/t21-,22-/m0/s1. The predicted octanol–water partition coefficient (Wildman–Crippen LogP) is 1.94. The minimum Gasteiger partial charge on any atom is -0.489 e. The number of nitrogens with one attached hydrogen (secondary N) is 2. The molecule has 0 spiro atoms. The van der Waals surface area contributed by atoms with E-state index in [2.05, 4.69) is 39.8 Å². The van der Waals surface area contributed by atoms with Crippen molar-refractivity contribution < 1.29 is 19.1 Å². The molecule has 4 aliphatic rings. The molecule has 5 rings (SSSR count). The molecule has 2 saturated heterocycles. The number of hydrogen-bond acceptors (Lipinski definition) is 6. The van der Waals surface area contributed by atoms with Gasteiger partial charge in [0.2, 0.25) is 11.8 Å². The van der Waals surface area contributed by atoms with E-state index >= 15 is 0 Å². The van der Waals surface area contributed by atoms with Crippen molar-refractivity contribution in [2.24, 2.45) is 17.8 Å². The van der Waals surface area contributed by atoms with Crippen LogP contribution in [0.1, 0.15) is 31.2 Å². The van der Waals surface area contributed by atoms with Crippen molar-refractivity contribution >= 4 is 17.5 Å². The van der Waals surface area contributed by atoms with E-state index in [1.165, 1.54) is 12.8 Å². The minimum absolute atomic E-state index is 0.117. The molecule has 1 aliphatic carbocycles. The van der Waals surface area contributed by atoms with Gasteiger partial charge in [-0.05, 0) is 55.2 Å². The van der Waals surface area contributed by atoms with Crippen molar-refractivity contribution in [3.8, 4) is 5.75 Å². The fraction of sp³-hybridized carbons (Fsp3) is 0.630. The zero-order valence-corrected chi connectivity index (χ0v) is 20.5. The van der Waals surface area contributed by atoms with Gasteiger partial charge in [-0.2, -0.15) is 0 Å². The first-order valence-corrected chi connectivity index (χ1v) is 13.2. The molecule has 3 heterocycles. The van der Waals surface area contributed by atoms with E-state index in [1.807, 2.05) is 11.0 Å². The smallest absolute Gasteiger partial charge is 0.236 e. The topological polar surface area (TPSA) is 83.1 Å². The van der Waals surface area contributed by atoms with E-state index in [0.29, 0.717) is 45.1 Å². The fourth-order valence-corrected chi connectivity index (χ4v) is 5.27. The van der Waals surface area contributed by atoms with Gasteiger partial charge in [0.05, 0.1) is 19.8 Å². The van der Waals surface area contributed by atoms with E-state index in [4.69, 9.17) is 9.47 Å². The number of morpholine rings is 1. The molecule has 8 nitrogen and oxygen atoms in total. The van der Waals surface area contributed by atoms with E-state index in [1.54, 1.807) is 0 Å². The van der Waals surface area contributed by atoms with Crippen LogP contribution in [0.3, 0.4) is 0 Å². The monoisotopic (exact) mass is 482 g/mol. The molecular weight excluding hydrogens is 444 g/mol. The second-order valence-electron chi connectivity index (χ2n) is 10.2. The third-order valence-electron chi connectivity index (χ3n) is 7.62. The van der Waals surface area contributed by atoms with Crippen LogP contribution in [0.5, 0.6) is 5.75 Å². The number of benzene rings is 1. The normalized spacial score (nSPS) is 26.5. The molecule has 0 radical (unpaired) electrons. The third-order valence-corrected chi connectivity index (χ3v) is 7.62. The lowest BCUT2D eigenvalue weighted by Crippen LogP contribution is -2.47. The van der Waals surface area contributed by atoms with E-state index < -0.39 is 0 Å². The molecule has 1 saturated carbocycles. The van der Waals surface area contributed by atoms with Gasteiger partial charge < -0.3 is 29.9 Å². The summed E-state index contributed by atoms with van der Waals surface area (Å²) in [6.45, 7) is 6.75. The second kappa shape index (κ2) is 11.4. The number of amides is 2. The SMILES string of the molecule is O=C(C[C@@H]1CCN2C[C@@H]1/C=C/COc1ccc(N3CCOCC3)cc1CNCC2=O)NCC1CC1. The molecule has 1 aromatic carbocycles. The van der Waals surface area contributed by atoms with Crippen LogP contribution in [0.2, 0.25) is 0 Å². The van der Waals surface area contributed by atoms with Crippen LogP contribution < -0.4 is 20.3 Å². The van der Waals surface area contributed by atoms with E-state index in [-0.39, 0.29) is 23.7 Å². The molecule has 2 N–H and O–H groups in total. The Balaban J connectivity index is 1.26. The first kappa shape index (κ1) is 24.1. The van der Waals surface area contributed by atoms with Gasteiger partial charge in [0.25, 0.3) is 0 Å². The molecule has 1 aromatic rings. The first-order chi connectivity index (χ1) is 17.2. The molecule has 35 heavy (non-hydrogen) atoms. The average Bonchev–Trinajstić information content (AvgIpc) is 3.71. The van der Waals surface area contributed by atoms with Crippen molar-refractivity contribution in [1.82, 2.24) is 15.5 Å². The number of anilines is 1. The Morgan fingerprint density at radius 2 is 1.94 bits per heavy atom. The molecule has 2 bridgehead atoms. The summed E-state index contributed by atoms with van der Waals surface area (Å²) < 4.78 is 11.6. The van der Waals surface area contributed by atoms with Crippen molar-refractivity contribution in [3.63, 3.8) is 0 Å². The predicted molar refractivity (Wildman–Crippen MR) is 134 cm³/mol. The summed E-state index contributed by atoms with van der Waals surface area (Å²) in [5.41, 5.74) is 2.21. The van der Waals surface area contributed by atoms with Gasteiger partial charge in [-0.15, -0.1) is 0 Å². The van der Waals surface area contributed by atoms with Crippen LogP contribution in [0.4, 0.5) is 5.69 Å². The van der Waals surface area contributed by atoms with Crippen LogP contribution in [0.25, 0.3) is 0 Å². The molecule has 190 valence electrons. The summed E-state index contributed by atoms with van der Waals surface area (Å²) in [6.07, 6.45) is 8.05. The minimum atomic E-state index is 0.117. The quantitative estimate of drug-likeness (QED) is 0.625. The average molecular weight is 483 g/mol. The lowest BCUT2D eigenvalue weighted by Gasteiger charge is -2.37. The van der Waals surface area contributed by atoms with Gasteiger partial charge in [0.1, 0.15) is 12.4 Å². The Bertz CT molecular complexity index is 926. The number of carbonyl (C=O) groups is 2. The number of fused-ring (bicyclic) bond motifs is 3. The Morgan fingerprint density at radius 3 is 2.77 bits per heavy atom. The Labute approximate surface area is 208 Å². The van der Waals surface area contributed by atoms with E-state index in [0.717, 1.165) is 56.3 Å². The summed E-state index contributed by atoms with van der Waals surface area (Å²) in [7, 11) is 0. The Morgan fingerprint density at radius 1 is 1.09 bits per heavy atom. The van der Waals surface area contributed by atoms with Gasteiger partial charge in [-0.1, -0.05) is 12.2 Å². The third kappa shape index (κ3) is 6.55. The molecule has 3 fully saturated rings. The number of ether oxygens (including phenoxy) is 2. The highest BCUT2D eigenvalue weighted by atomic mass is 16.5. The van der Waals surface area contributed by atoms with Gasteiger partial charge >= 0.3 is 0 Å². The molecule has 2 atom stereocenters. The maximum Gasteiger partial charge on any atom is 0.236 e. The largest absolute Gasteiger partial charge is 0.489 e. The lowest BCUT2D eigenvalue weighted by molar-refractivity contribution is -0.132. The number of rotatable bonds is 5. The number of carbonyl (C=O) groups excluding carboxylic acids is 2. The van der Waals surface area contributed by atoms with Gasteiger partial charge in [0.15, 0.2) is 0 Å². The zero-order chi connectivity index (χ0) is 24.0. The summed E-state index contributed by atoms with van der Waals surface area (Å²) in [5.74, 6) is 2.18. The lowest BCUT2D eigenvalue weighted by atomic mass is 9.82. The first-order valence-electron chi connectivity index (χ1n) is 13.2. The maximum absolute atomic E-state index is 13.0. The van der Waals surface area contributed by atoms with Gasteiger partial charge in [0, 0.05) is 56.9 Å². The van der Waals surface area contributed by atoms with Crippen molar-refractivity contribution in [2.45, 2.75) is 32.2 Å². The van der Waals surface area contributed by atoms with Crippen LogP contribution in [-0.4, -0.2) is 75.8 Å². The van der Waals surface area contributed by atoms with Gasteiger partial charge in [-0.25, -0.2) is 0 Å². The second-order valence-corrected chi connectivity index (χ2v) is 10.2. The Kier molecular flexibility index (Phi) is 7.88. The summed E-state index contributed by atoms with van der Waals surface area (Å²) >= 11 is 0. The number of hydrogen-bond donors (Lipinski definition) is 2.